The Bertz CT molecular complexity index is 1480. The number of benzene rings is 1. The van der Waals surface area contributed by atoms with Gasteiger partial charge in [0.25, 0.3) is 11.8 Å². The van der Waals surface area contributed by atoms with E-state index in [1.807, 2.05) is 0 Å². The van der Waals surface area contributed by atoms with Crippen LogP contribution in [0.15, 0.2) is 42.6 Å². The topological polar surface area (TPSA) is 115 Å². The molecule has 1 aliphatic rings. The van der Waals surface area contributed by atoms with Gasteiger partial charge in [0, 0.05) is 19.5 Å². The number of carbonyl (C=O) groups excluding carboxylic acids is 2. The average Bonchev–Trinajstić information content (AvgIpc) is 3.09. The molecule has 3 aromatic heterocycles. The quantitative estimate of drug-likeness (QED) is 0.432. The van der Waals surface area contributed by atoms with Gasteiger partial charge >= 0.3 is 0 Å². The number of amides is 2. The third-order valence-corrected chi connectivity index (χ3v) is 5.34. The van der Waals surface area contributed by atoms with Crippen LogP contribution < -0.4 is 15.4 Å². The summed E-state index contributed by atoms with van der Waals surface area (Å²) in [6, 6.07) is 8.53. The van der Waals surface area contributed by atoms with E-state index in [0.717, 1.165) is 6.07 Å². The second-order valence-corrected chi connectivity index (χ2v) is 8.10. The number of hydrogen-bond acceptors (Lipinski definition) is 6. The van der Waals surface area contributed by atoms with Crippen molar-refractivity contribution in [2.24, 2.45) is 13.0 Å². The van der Waals surface area contributed by atoms with Gasteiger partial charge in [-0.05, 0) is 37.3 Å². The maximum absolute atomic E-state index is 14.3. The van der Waals surface area contributed by atoms with E-state index in [9.17, 15) is 22.8 Å². The number of anilines is 2. The first-order chi connectivity index (χ1) is 16.6. The monoisotopic (exact) mass is 485 g/mol. The first-order valence-electron chi connectivity index (χ1n) is 10.4. The number of nitrogens with one attached hydrogen (secondary N) is 2. The first kappa shape index (κ1) is 22.4. The van der Waals surface area contributed by atoms with Crippen LogP contribution in [-0.4, -0.2) is 42.1 Å². The minimum Gasteiger partial charge on any atom is -0.456 e. The number of hydrogen-bond donors (Lipinski definition) is 2. The van der Waals surface area contributed by atoms with Crippen LogP contribution in [0, 0.1) is 18.7 Å². The molecule has 0 bridgehead atoms. The SMILES string of the molecule is Cc1cc(C(=O)Nc2cc(Oc3ccc4nc(NC(=O)C5CC5(F)F)nn4c3)ccc2F)n(C)n1. The van der Waals surface area contributed by atoms with Gasteiger partial charge in [0.05, 0.1) is 17.6 Å². The van der Waals surface area contributed by atoms with Crippen molar-refractivity contribution in [1.82, 2.24) is 24.4 Å². The lowest BCUT2D eigenvalue weighted by Crippen LogP contribution is -2.18. The largest absolute Gasteiger partial charge is 0.456 e. The van der Waals surface area contributed by atoms with Gasteiger partial charge in [0.1, 0.15) is 28.9 Å². The third kappa shape index (κ3) is 4.52. The zero-order valence-corrected chi connectivity index (χ0v) is 18.4. The van der Waals surface area contributed by atoms with Gasteiger partial charge in [-0.1, -0.05) is 0 Å². The van der Waals surface area contributed by atoms with E-state index in [1.165, 1.54) is 27.5 Å². The molecule has 1 atom stereocenters. The van der Waals surface area contributed by atoms with Crippen LogP contribution in [0.5, 0.6) is 11.5 Å². The molecule has 10 nitrogen and oxygen atoms in total. The van der Waals surface area contributed by atoms with Crippen molar-refractivity contribution in [2.45, 2.75) is 19.3 Å². The van der Waals surface area contributed by atoms with E-state index in [4.69, 9.17) is 4.74 Å². The Balaban J connectivity index is 1.31. The molecule has 0 spiro atoms. The smallest absolute Gasteiger partial charge is 0.274 e. The van der Waals surface area contributed by atoms with Crippen LogP contribution in [0.4, 0.5) is 24.8 Å². The molecule has 0 aliphatic heterocycles. The number of aromatic nitrogens is 5. The maximum Gasteiger partial charge on any atom is 0.274 e. The Morgan fingerprint density at radius 2 is 1.86 bits per heavy atom. The van der Waals surface area contributed by atoms with Gasteiger partial charge in [-0.2, -0.15) is 10.1 Å². The predicted molar refractivity (Wildman–Crippen MR) is 117 cm³/mol. The summed E-state index contributed by atoms with van der Waals surface area (Å²) in [5.74, 6) is -6.00. The van der Waals surface area contributed by atoms with Crippen molar-refractivity contribution in [3.63, 3.8) is 0 Å². The average molecular weight is 485 g/mol. The van der Waals surface area contributed by atoms with E-state index in [2.05, 4.69) is 25.8 Å². The summed E-state index contributed by atoms with van der Waals surface area (Å²) in [6.07, 6.45) is 0.954. The van der Waals surface area contributed by atoms with Gasteiger partial charge in [0.2, 0.25) is 11.9 Å². The molecule has 1 aliphatic carbocycles. The molecular weight excluding hydrogens is 467 g/mol. The van der Waals surface area contributed by atoms with Crippen molar-refractivity contribution < 1.29 is 27.5 Å². The summed E-state index contributed by atoms with van der Waals surface area (Å²) in [6.45, 7) is 1.74. The normalized spacial score (nSPS) is 16.2. The fraction of sp³-hybridized carbons (Fsp3) is 0.227. The molecule has 35 heavy (non-hydrogen) atoms. The highest BCUT2D eigenvalue weighted by Gasteiger charge is 2.61. The number of ether oxygens (including phenoxy) is 1. The molecule has 0 saturated heterocycles. The summed E-state index contributed by atoms with van der Waals surface area (Å²) < 4.78 is 48.9. The Morgan fingerprint density at radius 1 is 1.11 bits per heavy atom. The summed E-state index contributed by atoms with van der Waals surface area (Å²) >= 11 is 0. The summed E-state index contributed by atoms with van der Waals surface area (Å²) in [5.41, 5.74) is 1.16. The van der Waals surface area contributed by atoms with Crippen LogP contribution in [0.1, 0.15) is 22.6 Å². The number of alkyl halides is 2. The molecule has 1 aromatic carbocycles. The Kier molecular flexibility index (Phi) is 5.19. The van der Waals surface area contributed by atoms with Crippen LogP contribution in [0.25, 0.3) is 5.65 Å². The van der Waals surface area contributed by atoms with E-state index >= 15 is 0 Å². The fourth-order valence-corrected chi connectivity index (χ4v) is 3.48. The van der Waals surface area contributed by atoms with Crippen molar-refractivity contribution in [3.8, 4) is 11.5 Å². The van der Waals surface area contributed by atoms with Gasteiger partial charge in [-0.25, -0.2) is 17.7 Å². The fourth-order valence-electron chi connectivity index (χ4n) is 3.48. The van der Waals surface area contributed by atoms with E-state index in [0.29, 0.717) is 17.1 Å². The number of carbonyl (C=O) groups is 2. The number of pyridine rings is 1. The first-order valence-corrected chi connectivity index (χ1v) is 10.4. The Hall–Kier alpha value is -4.42. The van der Waals surface area contributed by atoms with Crippen molar-refractivity contribution in [1.29, 1.82) is 0 Å². The van der Waals surface area contributed by atoms with Gasteiger partial charge < -0.3 is 10.1 Å². The van der Waals surface area contributed by atoms with E-state index < -0.39 is 35.9 Å². The summed E-state index contributed by atoms with van der Waals surface area (Å²) in [4.78, 5) is 28.4. The third-order valence-electron chi connectivity index (χ3n) is 5.34. The van der Waals surface area contributed by atoms with Crippen LogP contribution >= 0.6 is 0 Å². The highest BCUT2D eigenvalue weighted by molar-refractivity contribution is 6.03. The minimum absolute atomic E-state index is 0.0879. The highest BCUT2D eigenvalue weighted by Crippen LogP contribution is 2.48. The lowest BCUT2D eigenvalue weighted by molar-refractivity contribution is -0.119. The van der Waals surface area contributed by atoms with E-state index in [1.54, 1.807) is 32.2 Å². The van der Waals surface area contributed by atoms with Gasteiger partial charge in [-0.3, -0.25) is 19.6 Å². The number of fused-ring (bicyclic) bond motifs is 1. The number of nitrogens with zero attached hydrogens (tertiary/aromatic N) is 5. The molecule has 3 heterocycles. The maximum atomic E-state index is 14.3. The second-order valence-electron chi connectivity index (χ2n) is 8.10. The predicted octanol–water partition coefficient (Wildman–Crippen LogP) is 3.55. The van der Waals surface area contributed by atoms with Gasteiger partial charge in [0.15, 0.2) is 5.65 Å². The standard InChI is InChI=1S/C22H18F3N7O3/c1-11-7-17(31(2)29-11)20(34)26-16-8-12(3-5-15(16)23)35-13-4-6-18-27-21(30-32(18)10-13)28-19(33)14-9-22(14,24)25/h3-8,10,14H,9H2,1-2H3,(H,26,34)(H,28,30,33). The van der Waals surface area contributed by atoms with Crippen LogP contribution in [0.3, 0.4) is 0 Å². The van der Waals surface area contributed by atoms with Crippen molar-refractivity contribution in [2.75, 3.05) is 10.6 Å². The van der Waals surface area contributed by atoms with E-state index in [-0.39, 0.29) is 23.1 Å². The minimum atomic E-state index is -2.99. The summed E-state index contributed by atoms with van der Waals surface area (Å²) in [7, 11) is 1.61. The molecule has 180 valence electrons. The zero-order valence-electron chi connectivity index (χ0n) is 18.4. The molecule has 1 unspecified atom stereocenters. The number of aryl methyl sites for hydroxylation is 2. The van der Waals surface area contributed by atoms with Crippen molar-refractivity contribution >= 4 is 29.1 Å². The molecule has 13 heteroatoms. The molecule has 2 N–H and O–H groups in total. The van der Waals surface area contributed by atoms with Crippen LogP contribution in [0.2, 0.25) is 0 Å². The molecule has 1 saturated carbocycles. The second kappa shape index (κ2) is 8.11. The molecule has 2 amide bonds. The zero-order chi connectivity index (χ0) is 24.9. The molecule has 0 radical (unpaired) electrons. The molecule has 4 aromatic rings. The lowest BCUT2D eigenvalue weighted by Gasteiger charge is -2.10. The Morgan fingerprint density at radius 3 is 2.54 bits per heavy atom. The number of halogens is 3. The van der Waals surface area contributed by atoms with Crippen LogP contribution in [-0.2, 0) is 11.8 Å². The van der Waals surface area contributed by atoms with Crippen molar-refractivity contribution in [3.05, 3.63) is 59.8 Å². The van der Waals surface area contributed by atoms with Gasteiger partial charge in [-0.15, -0.1) is 5.10 Å². The number of rotatable bonds is 6. The Labute approximate surface area is 195 Å². The summed E-state index contributed by atoms with van der Waals surface area (Å²) in [5, 5.41) is 12.9. The molecule has 1 fully saturated rings. The molecular formula is C22H18F3N7O3. The highest BCUT2D eigenvalue weighted by atomic mass is 19.3. The molecule has 5 rings (SSSR count). The lowest BCUT2D eigenvalue weighted by atomic mass is 10.2.